The van der Waals surface area contributed by atoms with Crippen LogP contribution in [0.3, 0.4) is 0 Å². The van der Waals surface area contributed by atoms with Crippen molar-refractivity contribution in [3.05, 3.63) is 0 Å². The van der Waals surface area contributed by atoms with Gasteiger partial charge in [-0.3, -0.25) is 4.79 Å². The molecular formula is C13H23N3O3. The van der Waals surface area contributed by atoms with E-state index in [1.165, 1.54) is 0 Å². The summed E-state index contributed by atoms with van der Waals surface area (Å²) in [5, 5.41) is 2.92. The van der Waals surface area contributed by atoms with Crippen LogP contribution in [0.1, 0.15) is 26.2 Å². The lowest BCUT2D eigenvalue weighted by Gasteiger charge is -2.22. The van der Waals surface area contributed by atoms with E-state index in [-0.39, 0.29) is 18.0 Å². The van der Waals surface area contributed by atoms with Crippen LogP contribution in [0, 0.1) is 0 Å². The number of rotatable bonds is 2. The molecular weight excluding hydrogens is 246 g/mol. The summed E-state index contributed by atoms with van der Waals surface area (Å²) < 4.78 is 5.48. The Morgan fingerprint density at radius 2 is 1.89 bits per heavy atom. The first-order valence-electron chi connectivity index (χ1n) is 7.06. The van der Waals surface area contributed by atoms with E-state index in [0.717, 1.165) is 32.4 Å². The van der Waals surface area contributed by atoms with Crippen molar-refractivity contribution in [3.8, 4) is 0 Å². The molecule has 2 rings (SSSR count). The van der Waals surface area contributed by atoms with Crippen LogP contribution in [0.2, 0.25) is 0 Å². The molecule has 0 radical (unpaired) electrons. The standard InChI is InChI=1S/C13H23N3O3/c1-11(17)15-5-3-6-16(8-7-15)13(18)14-10-12-4-2-9-19-12/h12H,2-10H2,1H3,(H,14,18). The average molecular weight is 269 g/mol. The molecule has 2 fully saturated rings. The van der Waals surface area contributed by atoms with E-state index in [0.29, 0.717) is 26.2 Å². The first kappa shape index (κ1) is 14.1. The molecule has 108 valence electrons. The zero-order chi connectivity index (χ0) is 13.7. The van der Waals surface area contributed by atoms with Gasteiger partial charge in [0, 0.05) is 46.3 Å². The molecule has 2 saturated heterocycles. The van der Waals surface area contributed by atoms with Crippen molar-refractivity contribution in [2.24, 2.45) is 0 Å². The van der Waals surface area contributed by atoms with E-state index in [1.807, 2.05) is 0 Å². The fourth-order valence-corrected chi connectivity index (χ4v) is 2.55. The lowest BCUT2D eigenvalue weighted by molar-refractivity contribution is -0.128. The van der Waals surface area contributed by atoms with Crippen LogP contribution in [-0.4, -0.2) is 67.2 Å². The van der Waals surface area contributed by atoms with Crippen molar-refractivity contribution in [1.82, 2.24) is 15.1 Å². The second-order valence-corrected chi connectivity index (χ2v) is 5.17. The molecule has 6 heteroatoms. The molecule has 3 amide bonds. The van der Waals surface area contributed by atoms with Crippen LogP contribution in [0.4, 0.5) is 4.79 Å². The monoisotopic (exact) mass is 269 g/mol. The Balaban J connectivity index is 1.74. The molecule has 0 aromatic heterocycles. The van der Waals surface area contributed by atoms with E-state index >= 15 is 0 Å². The number of urea groups is 1. The predicted octanol–water partition coefficient (Wildman–Crippen LogP) is 0.429. The molecule has 6 nitrogen and oxygen atoms in total. The Morgan fingerprint density at radius 3 is 2.58 bits per heavy atom. The fraction of sp³-hybridized carbons (Fsp3) is 0.846. The number of nitrogens with zero attached hydrogens (tertiary/aromatic N) is 2. The molecule has 1 atom stereocenters. The van der Waals surface area contributed by atoms with Crippen LogP contribution in [0.5, 0.6) is 0 Å². The van der Waals surface area contributed by atoms with Gasteiger partial charge in [-0.1, -0.05) is 0 Å². The summed E-state index contributed by atoms with van der Waals surface area (Å²) in [5.74, 6) is 0.0848. The largest absolute Gasteiger partial charge is 0.376 e. The van der Waals surface area contributed by atoms with Crippen LogP contribution >= 0.6 is 0 Å². The summed E-state index contributed by atoms with van der Waals surface area (Å²) in [7, 11) is 0. The van der Waals surface area contributed by atoms with Crippen molar-refractivity contribution in [3.63, 3.8) is 0 Å². The third-order valence-electron chi connectivity index (χ3n) is 3.73. The van der Waals surface area contributed by atoms with Gasteiger partial charge in [-0.25, -0.2) is 4.79 Å². The zero-order valence-electron chi connectivity index (χ0n) is 11.6. The van der Waals surface area contributed by atoms with Crippen LogP contribution in [0.15, 0.2) is 0 Å². The molecule has 2 heterocycles. The lowest BCUT2D eigenvalue weighted by atomic mass is 10.2. The van der Waals surface area contributed by atoms with Gasteiger partial charge in [0.25, 0.3) is 0 Å². The smallest absolute Gasteiger partial charge is 0.317 e. The maximum Gasteiger partial charge on any atom is 0.317 e. The van der Waals surface area contributed by atoms with Crippen molar-refractivity contribution in [2.45, 2.75) is 32.3 Å². The van der Waals surface area contributed by atoms with Gasteiger partial charge in [0.15, 0.2) is 0 Å². The molecule has 19 heavy (non-hydrogen) atoms. The van der Waals surface area contributed by atoms with Crippen LogP contribution < -0.4 is 5.32 Å². The minimum atomic E-state index is -0.0408. The maximum absolute atomic E-state index is 12.0. The molecule has 2 aliphatic heterocycles. The van der Waals surface area contributed by atoms with E-state index < -0.39 is 0 Å². The maximum atomic E-state index is 12.0. The Labute approximate surface area is 114 Å². The van der Waals surface area contributed by atoms with Gasteiger partial charge in [0.1, 0.15) is 0 Å². The highest BCUT2D eigenvalue weighted by Crippen LogP contribution is 2.11. The van der Waals surface area contributed by atoms with Crippen molar-refractivity contribution < 1.29 is 14.3 Å². The first-order chi connectivity index (χ1) is 9.16. The summed E-state index contributed by atoms with van der Waals surface area (Å²) in [6, 6.07) is -0.0408. The molecule has 0 aromatic rings. The molecule has 0 spiro atoms. The Kier molecular flexibility index (Phi) is 5.01. The molecule has 0 saturated carbocycles. The van der Waals surface area contributed by atoms with Crippen LogP contribution in [-0.2, 0) is 9.53 Å². The number of amides is 3. The highest BCUT2D eigenvalue weighted by molar-refractivity contribution is 5.75. The number of hydrogen-bond donors (Lipinski definition) is 1. The zero-order valence-corrected chi connectivity index (χ0v) is 11.6. The van der Waals surface area contributed by atoms with Crippen LogP contribution in [0.25, 0.3) is 0 Å². The van der Waals surface area contributed by atoms with Gasteiger partial charge in [-0.05, 0) is 19.3 Å². The van der Waals surface area contributed by atoms with Gasteiger partial charge in [-0.15, -0.1) is 0 Å². The van der Waals surface area contributed by atoms with Gasteiger partial charge >= 0.3 is 6.03 Å². The number of ether oxygens (including phenoxy) is 1. The summed E-state index contributed by atoms with van der Waals surface area (Å²) in [4.78, 5) is 26.9. The molecule has 0 bridgehead atoms. The van der Waals surface area contributed by atoms with Crippen molar-refractivity contribution in [1.29, 1.82) is 0 Å². The van der Waals surface area contributed by atoms with E-state index in [2.05, 4.69) is 5.32 Å². The summed E-state index contributed by atoms with van der Waals surface area (Å²) in [6.45, 7) is 5.66. The fourth-order valence-electron chi connectivity index (χ4n) is 2.55. The second kappa shape index (κ2) is 6.75. The highest BCUT2D eigenvalue weighted by atomic mass is 16.5. The average Bonchev–Trinajstić information content (AvgIpc) is 2.77. The topological polar surface area (TPSA) is 61.9 Å². The van der Waals surface area contributed by atoms with E-state index in [9.17, 15) is 9.59 Å². The highest BCUT2D eigenvalue weighted by Gasteiger charge is 2.22. The Morgan fingerprint density at radius 1 is 1.16 bits per heavy atom. The number of nitrogens with one attached hydrogen (secondary N) is 1. The van der Waals surface area contributed by atoms with Crippen molar-refractivity contribution in [2.75, 3.05) is 39.3 Å². The summed E-state index contributed by atoms with van der Waals surface area (Å²) in [6.07, 6.45) is 3.12. The summed E-state index contributed by atoms with van der Waals surface area (Å²) >= 11 is 0. The molecule has 0 aromatic carbocycles. The third kappa shape index (κ3) is 4.09. The molecule has 1 unspecified atom stereocenters. The quantitative estimate of drug-likeness (QED) is 0.791. The molecule has 2 aliphatic rings. The number of carbonyl (C=O) groups excluding carboxylic acids is 2. The second-order valence-electron chi connectivity index (χ2n) is 5.17. The predicted molar refractivity (Wildman–Crippen MR) is 70.8 cm³/mol. The lowest BCUT2D eigenvalue weighted by Crippen LogP contribution is -2.44. The van der Waals surface area contributed by atoms with Gasteiger partial charge in [0.2, 0.25) is 5.91 Å². The van der Waals surface area contributed by atoms with Gasteiger partial charge in [0.05, 0.1) is 6.10 Å². The van der Waals surface area contributed by atoms with Gasteiger partial charge in [-0.2, -0.15) is 0 Å². The minimum Gasteiger partial charge on any atom is -0.376 e. The minimum absolute atomic E-state index is 0.0408. The third-order valence-corrected chi connectivity index (χ3v) is 3.73. The van der Waals surface area contributed by atoms with Crippen molar-refractivity contribution >= 4 is 11.9 Å². The normalized spacial score (nSPS) is 24.2. The molecule has 1 N–H and O–H groups in total. The number of hydrogen-bond acceptors (Lipinski definition) is 3. The Bertz CT molecular complexity index is 329. The SMILES string of the molecule is CC(=O)N1CCCN(C(=O)NCC2CCCO2)CC1. The first-order valence-corrected chi connectivity index (χ1v) is 7.06. The number of carbonyl (C=O) groups is 2. The summed E-state index contributed by atoms with van der Waals surface area (Å²) in [5.41, 5.74) is 0. The van der Waals surface area contributed by atoms with Gasteiger partial charge < -0.3 is 19.9 Å². The molecule has 0 aliphatic carbocycles. The van der Waals surface area contributed by atoms with E-state index in [1.54, 1.807) is 16.7 Å². The Hall–Kier alpha value is -1.30. The van der Waals surface area contributed by atoms with E-state index in [4.69, 9.17) is 4.74 Å².